The summed E-state index contributed by atoms with van der Waals surface area (Å²) < 4.78 is 0. The van der Waals surface area contributed by atoms with E-state index in [1.54, 1.807) is 0 Å². The molecule has 136 valence electrons. The Morgan fingerprint density at radius 1 is 0.481 bits per heavy atom. The van der Waals surface area contributed by atoms with Gasteiger partial charge in [0.15, 0.2) is 0 Å². The highest BCUT2D eigenvalue weighted by Crippen LogP contribution is 2.21. The van der Waals surface area contributed by atoms with Crippen LogP contribution in [-0.4, -0.2) is 0 Å². The maximum Gasteiger partial charge on any atom is -0.0100 e. The van der Waals surface area contributed by atoms with E-state index in [0.29, 0.717) is 0 Å². The fourth-order valence-electron chi connectivity index (χ4n) is 3.37. The maximum absolute atomic E-state index is 3.80. The largest absolute Gasteiger partial charge is 0.103 e. The Bertz CT molecular complexity index is 849. The lowest BCUT2D eigenvalue weighted by Crippen LogP contribution is -1.91. The molecule has 0 aliphatic heterocycles. The topological polar surface area (TPSA) is 0 Å². The summed E-state index contributed by atoms with van der Waals surface area (Å²) in [5, 5.41) is 0. The minimum Gasteiger partial charge on any atom is -0.103 e. The van der Waals surface area contributed by atoms with E-state index in [4.69, 9.17) is 0 Å². The molecule has 0 bridgehead atoms. The van der Waals surface area contributed by atoms with Crippen LogP contribution in [0.4, 0.5) is 0 Å². The van der Waals surface area contributed by atoms with E-state index in [1.807, 2.05) is 12.2 Å². The Labute approximate surface area is 163 Å². The summed E-state index contributed by atoms with van der Waals surface area (Å²) in [7, 11) is 0. The van der Waals surface area contributed by atoms with E-state index >= 15 is 0 Å². The average Bonchev–Trinajstić information content (AvgIpc) is 2.71. The van der Waals surface area contributed by atoms with Gasteiger partial charge in [-0.05, 0) is 65.5 Å². The molecule has 27 heavy (non-hydrogen) atoms. The van der Waals surface area contributed by atoms with Gasteiger partial charge in [0.2, 0.25) is 0 Å². The molecule has 0 amide bonds. The molecule has 0 spiro atoms. The van der Waals surface area contributed by atoms with Crippen LogP contribution in [0, 0.1) is 0 Å². The first-order valence-corrected chi connectivity index (χ1v) is 9.76. The SMILES string of the molecule is C=CCc1ccc(CCCc2ccc(-c3ccc(CC=C)cc3)cc2)cc1. The summed E-state index contributed by atoms with van der Waals surface area (Å²) in [6.45, 7) is 7.59. The van der Waals surface area contributed by atoms with Crippen molar-refractivity contribution in [2.75, 3.05) is 0 Å². The molecule has 0 radical (unpaired) electrons. The van der Waals surface area contributed by atoms with Crippen LogP contribution in [0.1, 0.15) is 28.7 Å². The summed E-state index contributed by atoms with van der Waals surface area (Å²) in [6.07, 6.45) is 9.19. The van der Waals surface area contributed by atoms with Gasteiger partial charge in [-0.3, -0.25) is 0 Å². The summed E-state index contributed by atoms with van der Waals surface area (Å²) >= 11 is 0. The zero-order valence-electron chi connectivity index (χ0n) is 16.0. The van der Waals surface area contributed by atoms with Crippen molar-refractivity contribution in [3.63, 3.8) is 0 Å². The zero-order chi connectivity index (χ0) is 18.9. The van der Waals surface area contributed by atoms with E-state index in [2.05, 4.69) is 86.0 Å². The lowest BCUT2D eigenvalue weighted by molar-refractivity contribution is 0.820. The molecule has 0 aliphatic rings. The average molecular weight is 353 g/mol. The van der Waals surface area contributed by atoms with Gasteiger partial charge < -0.3 is 0 Å². The highest BCUT2D eigenvalue weighted by Gasteiger charge is 2.00. The molecule has 3 aromatic rings. The molecule has 0 atom stereocenters. The van der Waals surface area contributed by atoms with Gasteiger partial charge in [0.05, 0.1) is 0 Å². The standard InChI is InChI=1S/C27H28/c1-3-6-22-10-12-24(13-11-22)8-5-9-25-16-20-27(21-17-25)26-18-14-23(7-4-2)15-19-26/h3-4,10-21H,1-2,5-9H2. The van der Waals surface area contributed by atoms with Crippen molar-refractivity contribution >= 4 is 0 Å². The first-order chi connectivity index (χ1) is 13.3. The molecule has 3 rings (SSSR count). The van der Waals surface area contributed by atoms with Gasteiger partial charge in [-0.15, -0.1) is 13.2 Å². The molecule has 0 aliphatic carbocycles. The van der Waals surface area contributed by atoms with Crippen LogP contribution < -0.4 is 0 Å². The third kappa shape index (κ3) is 5.56. The quantitative estimate of drug-likeness (QED) is 0.364. The molecule has 0 saturated carbocycles. The molecule has 0 heteroatoms. The Morgan fingerprint density at radius 2 is 0.815 bits per heavy atom. The summed E-state index contributed by atoms with van der Waals surface area (Å²) in [5.74, 6) is 0. The lowest BCUT2D eigenvalue weighted by Gasteiger charge is -2.07. The van der Waals surface area contributed by atoms with Crippen molar-refractivity contribution < 1.29 is 0 Å². The number of aryl methyl sites for hydroxylation is 2. The van der Waals surface area contributed by atoms with Crippen LogP contribution in [0.5, 0.6) is 0 Å². The van der Waals surface area contributed by atoms with Gasteiger partial charge in [-0.1, -0.05) is 84.9 Å². The van der Waals surface area contributed by atoms with Crippen LogP contribution in [-0.2, 0) is 25.7 Å². The summed E-state index contributed by atoms with van der Waals surface area (Å²) in [4.78, 5) is 0. The summed E-state index contributed by atoms with van der Waals surface area (Å²) in [6, 6.07) is 26.7. The molecule has 0 heterocycles. The van der Waals surface area contributed by atoms with Crippen LogP contribution in [0.3, 0.4) is 0 Å². The third-order valence-electron chi connectivity index (χ3n) is 4.96. The first kappa shape index (κ1) is 18.9. The third-order valence-corrected chi connectivity index (χ3v) is 4.96. The van der Waals surface area contributed by atoms with E-state index in [9.17, 15) is 0 Å². The van der Waals surface area contributed by atoms with Crippen molar-refractivity contribution in [1.29, 1.82) is 0 Å². The molecule has 0 saturated heterocycles. The Hall–Kier alpha value is -2.86. The summed E-state index contributed by atoms with van der Waals surface area (Å²) in [5.41, 5.74) is 8.02. The number of hydrogen-bond acceptors (Lipinski definition) is 0. The van der Waals surface area contributed by atoms with Crippen molar-refractivity contribution in [3.8, 4) is 11.1 Å². The minimum absolute atomic E-state index is 0.927. The van der Waals surface area contributed by atoms with Crippen molar-refractivity contribution in [2.45, 2.75) is 32.1 Å². The van der Waals surface area contributed by atoms with E-state index < -0.39 is 0 Å². The fourth-order valence-corrected chi connectivity index (χ4v) is 3.37. The van der Waals surface area contributed by atoms with Gasteiger partial charge in [-0.25, -0.2) is 0 Å². The normalized spacial score (nSPS) is 10.5. The van der Waals surface area contributed by atoms with E-state index in [-0.39, 0.29) is 0 Å². The zero-order valence-corrected chi connectivity index (χ0v) is 16.0. The molecule has 0 aromatic heterocycles. The number of benzene rings is 3. The highest BCUT2D eigenvalue weighted by atomic mass is 14.1. The lowest BCUT2D eigenvalue weighted by atomic mass is 9.99. The second kappa shape index (κ2) is 9.73. The Morgan fingerprint density at radius 3 is 1.22 bits per heavy atom. The monoisotopic (exact) mass is 352 g/mol. The van der Waals surface area contributed by atoms with Gasteiger partial charge in [-0.2, -0.15) is 0 Å². The molecule has 0 nitrogen and oxygen atoms in total. The van der Waals surface area contributed by atoms with Crippen LogP contribution >= 0.6 is 0 Å². The number of hydrogen-bond donors (Lipinski definition) is 0. The van der Waals surface area contributed by atoms with Crippen molar-refractivity contribution in [2.24, 2.45) is 0 Å². The van der Waals surface area contributed by atoms with Crippen LogP contribution in [0.25, 0.3) is 11.1 Å². The van der Waals surface area contributed by atoms with Crippen LogP contribution in [0.15, 0.2) is 98.1 Å². The molecule has 0 unspecified atom stereocenters. The van der Waals surface area contributed by atoms with Crippen molar-refractivity contribution in [3.05, 3.63) is 120 Å². The molecule has 0 N–H and O–H groups in total. The predicted molar refractivity (Wildman–Crippen MR) is 118 cm³/mol. The van der Waals surface area contributed by atoms with Crippen LogP contribution in [0.2, 0.25) is 0 Å². The van der Waals surface area contributed by atoms with E-state index in [1.165, 1.54) is 39.8 Å². The Balaban J connectivity index is 1.52. The molecular formula is C27H28. The Kier molecular flexibility index (Phi) is 6.82. The second-order valence-corrected chi connectivity index (χ2v) is 7.05. The van der Waals surface area contributed by atoms with E-state index in [0.717, 1.165) is 25.7 Å². The second-order valence-electron chi connectivity index (χ2n) is 7.05. The predicted octanol–water partition coefficient (Wildman–Crippen LogP) is 6.99. The van der Waals surface area contributed by atoms with Gasteiger partial charge in [0.1, 0.15) is 0 Å². The smallest absolute Gasteiger partial charge is 0.0100 e. The first-order valence-electron chi connectivity index (χ1n) is 9.76. The van der Waals surface area contributed by atoms with Gasteiger partial charge in [0, 0.05) is 0 Å². The highest BCUT2D eigenvalue weighted by molar-refractivity contribution is 5.64. The molecule has 3 aromatic carbocycles. The number of allylic oxidation sites excluding steroid dienone is 2. The van der Waals surface area contributed by atoms with Gasteiger partial charge >= 0.3 is 0 Å². The van der Waals surface area contributed by atoms with Crippen molar-refractivity contribution in [1.82, 2.24) is 0 Å². The fraction of sp³-hybridized carbons (Fsp3) is 0.185. The molecular weight excluding hydrogens is 324 g/mol. The maximum atomic E-state index is 3.80. The molecule has 0 fully saturated rings. The minimum atomic E-state index is 0.927. The number of rotatable bonds is 9. The van der Waals surface area contributed by atoms with Gasteiger partial charge in [0.25, 0.3) is 0 Å².